The van der Waals surface area contributed by atoms with Crippen molar-refractivity contribution in [3.05, 3.63) is 18.3 Å². The lowest BCUT2D eigenvalue weighted by molar-refractivity contribution is 0.444. The Labute approximate surface area is 121 Å². The average molecular weight is 296 g/mol. The summed E-state index contributed by atoms with van der Waals surface area (Å²) < 4.78 is 22.7. The largest absolute Gasteiger partial charge is 0.381 e. The molecule has 0 aliphatic heterocycles. The minimum Gasteiger partial charge on any atom is -0.381 e. The van der Waals surface area contributed by atoms with Crippen LogP contribution in [0, 0.1) is 5.92 Å². The van der Waals surface area contributed by atoms with Crippen molar-refractivity contribution in [1.29, 1.82) is 0 Å². The molecule has 2 atom stereocenters. The van der Waals surface area contributed by atoms with Gasteiger partial charge in [-0.3, -0.25) is 0 Å². The summed E-state index contributed by atoms with van der Waals surface area (Å²) >= 11 is 0. The molecule has 1 aliphatic rings. The fourth-order valence-electron chi connectivity index (χ4n) is 2.85. The van der Waals surface area contributed by atoms with Crippen LogP contribution in [0.3, 0.4) is 0 Å². The summed E-state index contributed by atoms with van der Waals surface area (Å²) in [6.07, 6.45) is 10.3. The molecule has 1 saturated carbocycles. The maximum atomic E-state index is 11.4. The molecule has 112 valence electrons. The summed E-state index contributed by atoms with van der Waals surface area (Å²) in [5.74, 6) is 0.868. The van der Waals surface area contributed by atoms with E-state index in [1.165, 1.54) is 44.8 Å². The first-order chi connectivity index (χ1) is 9.49. The van der Waals surface area contributed by atoms with Crippen LogP contribution in [0.1, 0.15) is 45.4 Å². The first-order valence-corrected chi connectivity index (χ1v) is 9.31. The second-order valence-electron chi connectivity index (χ2n) is 5.78. The second-order valence-corrected chi connectivity index (χ2v) is 7.74. The van der Waals surface area contributed by atoms with Crippen LogP contribution in [-0.2, 0) is 9.84 Å². The van der Waals surface area contributed by atoms with Gasteiger partial charge in [-0.15, -0.1) is 0 Å². The molecule has 0 amide bonds. The summed E-state index contributed by atoms with van der Waals surface area (Å²) in [5.41, 5.74) is 0.914. The number of sulfone groups is 1. The molecule has 2 unspecified atom stereocenters. The van der Waals surface area contributed by atoms with E-state index in [2.05, 4.69) is 17.2 Å². The zero-order valence-corrected chi connectivity index (χ0v) is 13.1. The zero-order chi connectivity index (χ0) is 14.6. The van der Waals surface area contributed by atoms with Gasteiger partial charge in [-0.25, -0.2) is 13.4 Å². The van der Waals surface area contributed by atoms with Crippen LogP contribution in [-0.4, -0.2) is 25.7 Å². The molecule has 2 rings (SSSR count). The van der Waals surface area contributed by atoms with Crippen LogP contribution in [0.2, 0.25) is 0 Å². The molecule has 20 heavy (non-hydrogen) atoms. The molecule has 0 spiro atoms. The van der Waals surface area contributed by atoms with Crippen LogP contribution in [0.25, 0.3) is 0 Å². The molecule has 1 aromatic rings. The van der Waals surface area contributed by atoms with Crippen molar-refractivity contribution in [2.75, 3.05) is 11.6 Å². The van der Waals surface area contributed by atoms with Gasteiger partial charge < -0.3 is 5.32 Å². The molecule has 0 radical (unpaired) electrons. The number of hydrogen-bond donors (Lipinski definition) is 1. The normalized spacial score (nSPS) is 24.1. The van der Waals surface area contributed by atoms with Gasteiger partial charge in [0.15, 0.2) is 14.9 Å². The smallest absolute Gasteiger partial charge is 0.192 e. The van der Waals surface area contributed by atoms with Crippen molar-refractivity contribution >= 4 is 15.5 Å². The Morgan fingerprint density at radius 2 is 2.05 bits per heavy atom. The quantitative estimate of drug-likeness (QED) is 0.866. The van der Waals surface area contributed by atoms with E-state index in [0.717, 1.165) is 11.6 Å². The van der Waals surface area contributed by atoms with Gasteiger partial charge in [0.25, 0.3) is 0 Å². The van der Waals surface area contributed by atoms with Gasteiger partial charge in [0.05, 0.1) is 11.9 Å². The highest BCUT2D eigenvalue weighted by atomic mass is 32.2. The fraction of sp³-hybridized carbons (Fsp3) is 0.667. The first-order valence-electron chi connectivity index (χ1n) is 7.41. The lowest BCUT2D eigenvalue weighted by atomic mass is 9.98. The Morgan fingerprint density at radius 3 is 2.65 bits per heavy atom. The van der Waals surface area contributed by atoms with E-state index in [0.29, 0.717) is 6.04 Å². The molecule has 0 aromatic carbocycles. The van der Waals surface area contributed by atoms with Crippen LogP contribution >= 0.6 is 0 Å². The van der Waals surface area contributed by atoms with E-state index >= 15 is 0 Å². The molecule has 4 nitrogen and oxygen atoms in total. The number of aromatic nitrogens is 1. The number of hydrogen-bond acceptors (Lipinski definition) is 4. The van der Waals surface area contributed by atoms with Crippen molar-refractivity contribution in [3.63, 3.8) is 0 Å². The Kier molecular flexibility index (Phi) is 5.02. The van der Waals surface area contributed by atoms with Crippen molar-refractivity contribution < 1.29 is 8.42 Å². The van der Waals surface area contributed by atoms with E-state index in [1.54, 1.807) is 12.3 Å². The lowest BCUT2D eigenvalue weighted by Crippen LogP contribution is -2.18. The van der Waals surface area contributed by atoms with Gasteiger partial charge in [-0.1, -0.05) is 26.2 Å². The van der Waals surface area contributed by atoms with E-state index in [9.17, 15) is 8.42 Å². The number of nitrogens with one attached hydrogen (secondary N) is 1. The topological polar surface area (TPSA) is 59.1 Å². The summed E-state index contributed by atoms with van der Waals surface area (Å²) in [7, 11) is -3.21. The summed E-state index contributed by atoms with van der Waals surface area (Å²) in [6, 6.07) is 3.87. The number of nitrogens with zero attached hydrogens (tertiary/aromatic N) is 1. The van der Waals surface area contributed by atoms with Crippen molar-refractivity contribution in [2.24, 2.45) is 5.92 Å². The van der Waals surface area contributed by atoms with E-state index < -0.39 is 9.84 Å². The highest BCUT2D eigenvalue weighted by molar-refractivity contribution is 7.90. The number of anilines is 1. The van der Waals surface area contributed by atoms with Crippen LogP contribution in [0.5, 0.6) is 0 Å². The van der Waals surface area contributed by atoms with Crippen molar-refractivity contribution in [2.45, 2.75) is 56.5 Å². The van der Waals surface area contributed by atoms with Crippen LogP contribution in [0.4, 0.5) is 5.69 Å². The Morgan fingerprint density at radius 1 is 1.25 bits per heavy atom. The average Bonchev–Trinajstić information content (AvgIpc) is 2.63. The van der Waals surface area contributed by atoms with E-state index in [1.807, 2.05) is 6.07 Å². The predicted molar refractivity (Wildman–Crippen MR) is 81.6 cm³/mol. The Bertz CT molecular complexity index is 525. The standard InChI is InChI=1S/C15H24N2O2S/c1-3-12-5-4-6-13(8-7-12)17-14-9-10-15(16-11-14)20(2,18)19/h9-13,17H,3-8H2,1-2H3. The molecule has 1 N–H and O–H groups in total. The van der Waals surface area contributed by atoms with Gasteiger partial charge in [0, 0.05) is 12.3 Å². The second kappa shape index (κ2) is 6.57. The monoisotopic (exact) mass is 296 g/mol. The fourth-order valence-corrected chi connectivity index (χ4v) is 3.41. The highest BCUT2D eigenvalue weighted by Gasteiger charge is 2.18. The molecular formula is C15H24N2O2S. The van der Waals surface area contributed by atoms with Gasteiger partial charge in [0.2, 0.25) is 0 Å². The van der Waals surface area contributed by atoms with Gasteiger partial charge >= 0.3 is 0 Å². The minimum absolute atomic E-state index is 0.134. The Hall–Kier alpha value is -1.10. The Balaban J connectivity index is 1.96. The maximum Gasteiger partial charge on any atom is 0.192 e. The molecule has 5 heteroatoms. The molecule has 1 fully saturated rings. The molecule has 1 aromatic heterocycles. The third kappa shape index (κ3) is 4.20. The van der Waals surface area contributed by atoms with Crippen molar-refractivity contribution in [3.8, 4) is 0 Å². The molecule has 0 saturated heterocycles. The van der Waals surface area contributed by atoms with Gasteiger partial charge in [-0.2, -0.15) is 0 Å². The number of rotatable bonds is 4. The third-order valence-electron chi connectivity index (χ3n) is 4.15. The molecular weight excluding hydrogens is 272 g/mol. The third-order valence-corrected chi connectivity index (χ3v) is 5.15. The SMILES string of the molecule is CCC1CCCC(Nc2ccc(S(C)(=O)=O)nc2)CC1. The predicted octanol–water partition coefficient (Wildman–Crippen LogP) is 3.26. The maximum absolute atomic E-state index is 11.4. The summed E-state index contributed by atoms with van der Waals surface area (Å²) in [5, 5.41) is 3.62. The summed E-state index contributed by atoms with van der Waals surface area (Å²) in [6.45, 7) is 2.27. The molecule has 1 aliphatic carbocycles. The minimum atomic E-state index is -3.21. The van der Waals surface area contributed by atoms with Crippen LogP contribution < -0.4 is 5.32 Å². The lowest BCUT2D eigenvalue weighted by Gasteiger charge is -2.17. The van der Waals surface area contributed by atoms with Crippen LogP contribution in [0.15, 0.2) is 23.4 Å². The summed E-state index contributed by atoms with van der Waals surface area (Å²) in [4.78, 5) is 4.02. The molecule has 1 heterocycles. The zero-order valence-electron chi connectivity index (χ0n) is 12.3. The van der Waals surface area contributed by atoms with E-state index in [4.69, 9.17) is 0 Å². The van der Waals surface area contributed by atoms with Crippen molar-refractivity contribution in [1.82, 2.24) is 4.98 Å². The van der Waals surface area contributed by atoms with Gasteiger partial charge in [0.1, 0.15) is 0 Å². The van der Waals surface area contributed by atoms with E-state index in [-0.39, 0.29) is 5.03 Å². The first kappa shape index (κ1) is 15.3. The van der Waals surface area contributed by atoms with Gasteiger partial charge in [-0.05, 0) is 37.3 Å². The number of pyridine rings is 1. The molecule has 0 bridgehead atoms. The highest BCUT2D eigenvalue weighted by Crippen LogP contribution is 2.27.